The van der Waals surface area contributed by atoms with Gasteiger partial charge in [0.15, 0.2) is 0 Å². The Bertz CT molecular complexity index is 559. The SMILES string of the molecule is c1ccc(C(Nc2nncs2)Nc2nncs2)cc1. The predicted molar refractivity (Wildman–Crippen MR) is 76.2 cm³/mol. The molecule has 0 saturated heterocycles. The molecule has 6 nitrogen and oxygen atoms in total. The first-order valence-electron chi connectivity index (χ1n) is 5.52. The lowest BCUT2D eigenvalue weighted by Crippen LogP contribution is -2.19. The van der Waals surface area contributed by atoms with Gasteiger partial charge in [-0.25, -0.2) is 0 Å². The van der Waals surface area contributed by atoms with Crippen molar-refractivity contribution < 1.29 is 0 Å². The van der Waals surface area contributed by atoms with Crippen LogP contribution in [0.25, 0.3) is 0 Å². The number of anilines is 2. The van der Waals surface area contributed by atoms with E-state index >= 15 is 0 Å². The van der Waals surface area contributed by atoms with Gasteiger partial charge in [0.05, 0.1) is 0 Å². The summed E-state index contributed by atoms with van der Waals surface area (Å²) in [4.78, 5) is 0. The summed E-state index contributed by atoms with van der Waals surface area (Å²) >= 11 is 2.91. The zero-order valence-corrected chi connectivity index (χ0v) is 11.4. The number of benzene rings is 1. The number of nitrogens with one attached hydrogen (secondary N) is 2. The molecule has 2 aromatic heterocycles. The van der Waals surface area contributed by atoms with E-state index in [2.05, 4.69) is 31.0 Å². The molecule has 0 aliphatic carbocycles. The zero-order valence-electron chi connectivity index (χ0n) is 9.72. The van der Waals surface area contributed by atoms with Gasteiger partial charge in [-0.1, -0.05) is 53.0 Å². The van der Waals surface area contributed by atoms with Gasteiger partial charge in [-0.05, 0) is 5.56 Å². The van der Waals surface area contributed by atoms with Crippen LogP contribution in [0.3, 0.4) is 0 Å². The molecule has 3 rings (SSSR count). The molecular formula is C11H10N6S2. The molecular weight excluding hydrogens is 280 g/mol. The van der Waals surface area contributed by atoms with Gasteiger partial charge >= 0.3 is 0 Å². The lowest BCUT2D eigenvalue weighted by Gasteiger charge is -2.19. The molecule has 0 bridgehead atoms. The van der Waals surface area contributed by atoms with Crippen molar-refractivity contribution in [3.63, 3.8) is 0 Å². The highest BCUT2D eigenvalue weighted by Gasteiger charge is 2.13. The Morgan fingerprint density at radius 2 is 1.42 bits per heavy atom. The quantitative estimate of drug-likeness (QED) is 0.703. The molecule has 0 aliphatic heterocycles. The minimum absolute atomic E-state index is 0.123. The smallest absolute Gasteiger partial charge is 0.207 e. The fourth-order valence-corrected chi connectivity index (χ4v) is 2.52. The summed E-state index contributed by atoms with van der Waals surface area (Å²) in [6.07, 6.45) is -0.123. The van der Waals surface area contributed by atoms with Crippen molar-refractivity contribution in [1.29, 1.82) is 0 Å². The molecule has 8 heteroatoms. The third kappa shape index (κ3) is 3.04. The van der Waals surface area contributed by atoms with E-state index < -0.39 is 0 Å². The number of aromatic nitrogens is 4. The highest BCUT2D eigenvalue weighted by Crippen LogP contribution is 2.23. The van der Waals surface area contributed by atoms with Crippen LogP contribution in [0, 0.1) is 0 Å². The van der Waals surface area contributed by atoms with Crippen molar-refractivity contribution in [3.8, 4) is 0 Å². The second kappa shape index (κ2) is 5.72. The van der Waals surface area contributed by atoms with Crippen LogP contribution in [0.5, 0.6) is 0 Å². The number of nitrogens with zero attached hydrogens (tertiary/aromatic N) is 4. The van der Waals surface area contributed by atoms with Crippen molar-refractivity contribution in [1.82, 2.24) is 20.4 Å². The van der Waals surface area contributed by atoms with Gasteiger partial charge in [0.2, 0.25) is 10.3 Å². The maximum Gasteiger partial charge on any atom is 0.207 e. The van der Waals surface area contributed by atoms with Crippen LogP contribution >= 0.6 is 22.7 Å². The van der Waals surface area contributed by atoms with Crippen LogP contribution in [0.4, 0.5) is 10.3 Å². The van der Waals surface area contributed by atoms with Crippen molar-refractivity contribution in [2.24, 2.45) is 0 Å². The van der Waals surface area contributed by atoms with Gasteiger partial charge in [0.25, 0.3) is 0 Å². The molecule has 96 valence electrons. The van der Waals surface area contributed by atoms with E-state index in [-0.39, 0.29) is 6.17 Å². The second-order valence-electron chi connectivity index (χ2n) is 3.62. The highest BCUT2D eigenvalue weighted by molar-refractivity contribution is 7.13. The first kappa shape index (κ1) is 12.0. The lowest BCUT2D eigenvalue weighted by atomic mass is 10.2. The fourth-order valence-electron chi connectivity index (χ4n) is 1.57. The third-order valence-electron chi connectivity index (χ3n) is 2.39. The topological polar surface area (TPSA) is 75.6 Å². The van der Waals surface area contributed by atoms with Crippen molar-refractivity contribution in [2.75, 3.05) is 10.6 Å². The molecule has 0 spiro atoms. The Labute approximate surface area is 117 Å². The molecule has 19 heavy (non-hydrogen) atoms. The first-order chi connectivity index (χ1) is 9.42. The molecule has 1 aromatic carbocycles. The normalized spacial score (nSPS) is 10.6. The van der Waals surface area contributed by atoms with E-state index in [1.807, 2.05) is 30.3 Å². The summed E-state index contributed by atoms with van der Waals surface area (Å²) in [5, 5.41) is 23.7. The summed E-state index contributed by atoms with van der Waals surface area (Å²) in [7, 11) is 0. The Morgan fingerprint density at radius 3 is 1.89 bits per heavy atom. The van der Waals surface area contributed by atoms with Crippen molar-refractivity contribution in [3.05, 3.63) is 46.9 Å². The average Bonchev–Trinajstić information content (AvgIpc) is 3.12. The Hall–Kier alpha value is -2.06. The van der Waals surface area contributed by atoms with Crippen LogP contribution in [0.2, 0.25) is 0 Å². The van der Waals surface area contributed by atoms with Gasteiger partial charge in [-0.15, -0.1) is 20.4 Å². The van der Waals surface area contributed by atoms with E-state index in [4.69, 9.17) is 0 Å². The van der Waals surface area contributed by atoms with E-state index in [9.17, 15) is 0 Å². The van der Waals surface area contributed by atoms with Crippen molar-refractivity contribution >= 4 is 32.9 Å². The monoisotopic (exact) mass is 290 g/mol. The highest BCUT2D eigenvalue weighted by atomic mass is 32.1. The third-order valence-corrected chi connectivity index (χ3v) is 3.63. The van der Waals surface area contributed by atoms with E-state index in [1.165, 1.54) is 22.7 Å². The van der Waals surface area contributed by atoms with Gasteiger partial charge in [-0.3, -0.25) is 0 Å². The maximum atomic E-state index is 4.00. The standard InChI is InChI=1S/C11H10N6S2/c1-2-4-8(5-3-1)9(14-10-16-12-6-18-10)15-11-17-13-7-19-11/h1-7,9H,(H,14,16)(H,15,17). The number of hydrogen-bond donors (Lipinski definition) is 2. The van der Waals surface area contributed by atoms with E-state index in [0.717, 1.165) is 15.8 Å². The largest absolute Gasteiger partial charge is 0.336 e. The van der Waals surface area contributed by atoms with Crippen molar-refractivity contribution in [2.45, 2.75) is 6.17 Å². The zero-order chi connectivity index (χ0) is 12.9. The summed E-state index contributed by atoms with van der Waals surface area (Å²) in [5.74, 6) is 0. The van der Waals surface area contributed by atoms with E-state index in [0.29, 0.717) is 0 Å². The molecule has 2 heterocycles. The average molecular weight is 290 g/mol. The van der Waals surface area contributed by atoms with Crippen LogP contribution < -0.4 is 10.6 Å². The minimum Gasteiger partial charge on any atom is -0.336 e. The number of rotatable bonds is 5. The van der Waals surface area contributed by atoms with E-state index in [1.54, 1.807) is 11.0 Å². The summed E-state index contributed by atoms with van der Waals surface area (Å²) in [6, 6.07) is 10.0. The lowest BCUT2D eigenvalue weighted by molar-refractivity contribution is 0.879. The van der Waals surface area contributed by atoms with Crippen LogP contribution in [0.15, 0.2) is 41.4 Å². The maximum absolute atomic E-state index is 4.00. The van der Waals surface area contributed by atoms with Gasteiger partial charge in [0.1, 0.15) is 17.2 Å². The first-order valence-corrected chi connectivity index (χ1v) is 7.28. The van der Waals surface area contributed by atoms with Gasteiger partial charge in [0, 0.05) is 0 Å². The summed E-state index contributed by atoms with van der Waals surface area (Å²) in [5.41, 5.74) is 4.47. The predicted octanol–water partition coefficient (Wildman–Crippen LogP) is 2.61. The van der Waals surface area contributed by atoms with Crippen LogP contribution in [0.1, 0.15) is 11.7 Å². The molecule has 0 fully saturated rings. The molecule has 3 aromatic rings. The second-order valence-corrected chi connectivity index (χ2v) is 5.29. The van der Waals surface area contributed by atoms with Crippen LogP contribution in [-0.2, 0) is 0 Å². The van der Waals surface area contributed by atoms with Gasteiger partial charge < -0.3 is 10.6 Å². The number of hydrogen-bond acceptors (Lipinski definition) is 8. The van der Waals surface area contributed by atoms with Gasteiger partial charge in [-0.2, -0.15) is 0 Å². The Kier molecular flexibility index (Phi) is 3.61. The molecule has 0 saturated carbocycles. The molecule has 2 N–H and O–H groups in total. The fraction of sp³-hybridized carbons (Fsp3) is 0.0909. The molecule has 0 atom stereocenters. The Morgan fingerprint density at radius 1 is 0.842 bits per heavy atom. The molecule has 0 amide bonds. The summed E-state index contributed by atoms with van der Waals surface area (Å²) in [6.45, 7) is 0. The summed E-state index contributed by atoms with van der Waals surface area (Å²) < 4.78 is 0. The molecule has 0 unspecified atom stereocenters. The minimum atomic E-state index is -0.123. The molecule has 0 aliphatic rings. The van der Waals surface area contributed by atoms with Crippen LogP contribution in [-0.4, -0.2) is 20.4 Å². The molecule has 0 radical (unpaired) electrons. The Balaban J connectivity index is 1.83.